The summed E-state index contributed by atoms with van der Waals surface area (Å²) in [6.45, 7) is 2.42. The molecule has 116 valence electrons. The van der Waals surface area contributed by atoms with Crippen LogP contribution >= 0.6 is 22.9 Å². The van der Waals surface area contributed by atoms with Gasteiger partial charge in [0, 0.05) is 28.4 Å². The van der Waals surface area contributed by atoms with Crippen LogP contribution in [0.2, 0.25) is 5.02 Å². The first-order chi connectivity index (χ1) is 10.5. The van der Waals surface area contributed by atoms with Crippen molar-refractivity contribution in [2.75, 3.05) is 13.2 Å². The van der Waals surface area contributed by atoms with Crippen LogP contribution in [0, 0.1) is 6.92 Å². The van der Waals surface area contributed by atoms with Crippen molar-refractivity contribution in [3.63, 3.8) is 0 Å². The lowest BCUT2D eigenvalue weighted by Crippen LogP contribution is -2.30. The number of ether oxygens (including phenoxy) is 1. The molecule has 1 aliphatic rings. The molecule has 0 fully saturated rings. The maximum absolute atomic E-state index is 10.8. The van der Waals surface area contributed by atoms with Gasteiger partial charge in [-0.25, -0.2) is 9.78 Å². The third-order valence-electron chi connectivity index (χ3n) is 3.44. The van der Waals surface area contributed by atoms with Crippen LogP contribution in [-0.4, -0.2) is 29.2 Å². The zero-order valence-corrected chi connectivity index (χ0v) is 13.5. The van der Waals surface area contributed by atoms with Gasteiger partial charge in [-0.15, -0.1) is 11.3 Å². The molecule has 7 heteroatoms. The van der Waals surface area contributed by atoms with E-state index in [2.05, 4.69) is 10.3 Å². The summed E-state index contributed by atoms with van der Waals surface area (Å²) in [7, 11) is 0. The van der Waals surface area contributed by atoms with Crippen molar-refractivity contribution in [3.05, 3.63) is 44.4 Å². The Hall–Kier alpha value is -1.63. The number of rotatable bonds is 4. The number of fused-ring (bicyclic) bond motifs is 1. The summed E-state index contributed by atoms with van der Waals surface area (Å²) in [5.74, 6) is -0.477. The van der Waals surface area contributed by atoms with E-state index in [1.165, 1.54) is 0 Å². The number of hydrogen-bond acceptors (Lipinski definition) is 5. The highest BCUT2D eigenvalue weighted by atomic mass is 35.5. The Morgan fingerprint density at radius 3 is 3.18 bits per heavy atom. The number of hydrogen-bond donors (Lipinski definition) is 2. The molecule has 0 radical (unpaired) electrons. The normalized spacial score (nSPS) is 17.1. The van der Waals surface area contributed by atoms with Crippen molar-refractivity contribution in [1.82, 2.24) is 10.3 Å². The molecule has 0 bridgehead atoms. The summed E-state index contributed by atoms with van der Waals surface area (Å²) in [5, 5.41) is 13.9. The summed E-state index contributed by atoms with van der Waals surface area (Å²) in [4.78, 5) is 16.5. The van der Waals surface area contributed by atoms with Crippen LogP contribution in [0.4, 0.5) is 0 Å². The Labute approximate surface area is 136 Å². The molecule has 0 amide bonds. The number of thiazole rings is 1. The number of carboxylic acids is 1. The van der Waals surface area contributed by atoms with E-state index in [1.54, 1.807) is 23.5 Å². The van der Waals surface area contributed by atoms with Crippen LogP contribution in [0.5, 0.6) is 5.75 Å². The molecule has 0 unspecified atom stereocenters. The first kappa shape index (κ1) is 15.3. The van der Waals surface area contributed by atoms with Crippen molar-refractivity contribution in [3.8, 4) is 5.75 Å². The predicted molar refractivity (Wildman–Crippen MR) is 85.0 cm³/mol. The van der Waals surface area contributed by atoms with Gasteiger partial charge in [0.15, 0.2) is 6.61 Å². The van der Waals surface area contributed by atoms with Crippen molar-refractivity contribution < 1.29 is 14.6 Å². The molecule has 1 aromatic heterocycles. The molecular weight excluding hydrogens is 324 g/mol. The Balaban J connectivity index is 2.00. The minimum Gasteiger partial charge on any atom is -0.482 e. The Bertz CT molecular complexity index is 717. The average molecular weight is 339 g/mol. The maximum Gasteiger partial charge on any atom is 0.341 e. The van der Waals surface area contributed by atoms with Crippen LogP contribution in [0.1, 0.15) is 27.2 Å². The molecule has 5 nitrogen and oxygen atoms in total. The highest BCUT2D eigenvalue weighted by molar-refractivity contribution is 7.11. The summed E-state index contributed by atoms with van der Waals surface area (Å²) in [6, 6.07) is 5.16. The summed E-state index contributed by atoms with van der Waals surface area (Å²) in [5.41, 5.74) is 1.94. The first-order valence-corrected chi connectivity index (χ1v) is 8.07. The van der Waals surface area contributed by atoms with E-state index in [-0.39, 0.29) is 12.6 Å². The molecule has 0 spiro atoms. The molecule has 1 aromatic carbocycles. The molecular formula is C15H15ClN2O3S. The number of carboxylic acid groups (broad SMARTS) is 1. The molecule has 2 N–H and O–H groups in total. The summed E-state index contributed by atoms with van der Waals surface area (Å²) < 4.78 is 5.41. The lowest BCUT2D eigenvalue weighted by atomic mass is 9.99. The Morgan fingerprint density at radius 2 is 2.41 bits per heavy atom. The van der Waals surface area contributed by atoms with Crippen LogP contribution in [0.3, 0.4) is 0 Å². The van der Waals surface area contributed by atoms with Crippen molar-refractivity contribution in [2.24, 2.45) is 0 Å². The second-order valence-corrected chi connectivity index (χ2v) is 6.72. The molecule has 2 aromatic rings. The maximum atomic E-state index is 10.8. The standard InChI is InChI=1S/C15H15ClN2O3S/c1-8-18-11-4-5-17-14(15(11)22-8)10-6-9(16)2-3-12(10)21-7-13(19)20/h2-3,6,14,17H,4-5,7H2,1H3,(H,19,20)/t14-/m1/s1. The zero-order chi connectivity index (χ0) is 15.7. The van der Waals surface area contributed by atoms with E-state index in [4.69, 9.17) is 21.4 Å². The predicted octanol–water partition coefficient (Wildman–Crippen LogP) is 2.80. The molecule has 0 saturated carbocycles. The fraction of sp³-hybridized carbons (Fsp3) is 0.333. The number of nitrogens with one attached hydrogen (secondary N) is 1. The number of halogens is 1. The van der Waals surface area contributed by atoms with Gasteiger partial charge < -0.3 is 15.2 Å². The van der Waals surface area contributed by atoms with E-state index in [9.17, 15) is 4.79 Å². The quantitative estimate of drug-likeness (QED) is 0.897. The largest absolute Gasteiger partial charge is 0.482 e. The highest BCUT2D eigenvalue weighted by Gasteiger charge is 2.27. The van der Waals surface area contributed by atoms with E-state index < -0.39 is 5.97 Å². The minimum atomic E-state index is -1.01. The topological polar surface area (TPSA) is 71.5 Å². The van der Waals surface area contributed by atoms with Crippen LogP contribution < -0.4 is 10.1 Å². The van der Waals surface area contributed by atoms with Crippen LogP contribution in [0.15, 0.2) is 18.2 Å². The van der Waals surface area contributed by atoms with Crippen molar-refractivity contribution in [1.29, 1.82) is 0 Å². The molecule has 1 atom stereocenters. The highest BCUT2D eigenvalue weighted by Crippen LogP contribution is 2.38. The molecule has 22 heavy (non-hydrogen) atoms. The number of carbonyl (C=O) groups is 1. The zero-order valence-electron chi connectivity index (χ0n) is 11.9. The number of aromatic nitrogens is 1. The van der Waals surface area contributed by atoms with Gasteiger partial charge in [0.1, 0.15) is 5.75 Å². The van der Waals surface area contributed by atoms with Gasteiger partial charge in [0.05, 0.1) is 16.7 Å². The van der Waals surface area contributed by atoms with E-state index in [1.807, 2.05) is 13.0 Å². The van der Waals surface area contributed by atoms with Gasteiger partial charge in [0.25, 0.3) is 0 Å². The van der Waals surface area contributed by atoms with Crippen LogP contribution in [-0.2, 0) is 11.2 Å². The third-order valence-corrected chi connectivity index (χ3v) is 4.75. The fourth-order valence-corrected chi connectivity index (χ4v) is 3.83. The lowest BCUT2D eigenvalue weighted by Gasteiger charge is -2.25. The van der Waals surface area contributed by atoms with E-state index >= 15 is 0 Å². The SMILES string of the molecule is Cc1nc2c(s1)[C@@H](c1cc(Cl)ccc1OCC(=O)O)NCC2. The molecule has 0 aliphatic carbocycles. The second kappa shape index (κ2) is 6.24. The molecule has 0 saturated heterocycles. The van der Waals surface area contributed by atoms with E-state index in [0.29, 0.717) is 10.8 Å². The molecule has 1 aliphatic heterocycles. The monoisotopic (exact) mass is 338 g/mol. The number of aliphatic carboxylic acids is 1. The number of nitrogens with zero attached hydrogens (tertiary/aromatic N) is 1. The van der Waals surface area contributed by atoms with Gasteiger partial charge in [-0.3, -0.25) is 0 Å². The third kappa shape index (κ3) is 3.09. The van der Waals surface area contributed by atoms with Gasteiger partial charge in [-0.1, -0.05) is 11.6 Å². The molecule has 2 heterocycles. The van der Waals surface area contributed by atoms with Crippen molar-refractivity contribution >= 4 is 28.9 Å². The smallest absolute Gasteiger partial charge is 0.341 e. The Kier molecular flexibility index (Phi) is 4.33. The van der Waals surface area contributed by atoms with Gasteiger partial charge in [-0.2, -0.15) is 0 Å². The van der Waals surface area contributed by atoms with E-state index in [0.717, 1.165) is 34.1 Å². The minimum absolute atomic E-state index is 0.0718. The van der Waals surface area contributed by atoms with Gasteiger partial charge in [0.2, 0.25) is 0 Å². The van der Waals surface area contributed by atoms with Crippen molar-refractivity contribution in [2.45, 2.75) is 19.4 Å². The molecule has 3 rings (SSSR count). The number of benzene rings is 1. The fourth-order valence-electron chi connectivity index (χ4n) is 2.59. The summed E-state index contributed by atoms with van der Waals surface area (Å²) >= 11 is 7.76. The summed E-state index contributed by atoms with van der Waals surface area (Å²) in [6.07, 6.45) is 0.891. The average Bonchev–Trinajstić information content (AvgIpc) is 2.85. The Morgan fingerprint density at radius 1 is 1.59 bits per heavy atom. The first-order valence-electron chi connectivity index (χ1n) is 6.88. The number of aryl methyl sites for hydroxylation is 1. The van der Waals surface area contributed by atoms with Crippen LogP contribution in [0.25, 0.3) is 0 Å². The lowest BCUT2D eigenvalue weighted by molar-refractivity contribution is -0.139. The van der Waals surface area contributed by atoms with Gasteiger partial charge in [-0.05, 0) is 25.1 Å². The second-order valence-electron chi connectivity index (χ2n) is 5.05. The van der Waals surface area contributed by atoms with Gasteiger partial charge >= 0.3 is 5.97 Å².